The van der Waals surface area contributed by atoms with Crippen LogP contribution in [-0.4, -0.2) is 27.5 Å². The van der Waals surface area contributed by atoms with Crippen molar-refractivity contribution in [2.75, 3.05) is 0 Å². The predicted octanol–water partition coefficient (Wildman–Crippen LogP) is 2.31. The van der Waals surface area contributed by atoms with Crippen LogP contribution in [0.25, 0.3) is 5.69 Å². The molecular weight excluding hydrogens is 265 g/mol. The van der Waals surface area contributed by atoms with E-state index < -0.39 is 30.0 Å². The van der Waals surface area contributed by atoms with E-state index in [1.165, 1.54) is 12.1 Å². The van der Waals surface area contributed by atoms with Gasteiger partial charge in [-0.05, 0) is 24.3 Å². The zero-order valence-corrected chi connectivity index (χ0v) is 9.26. The fourth-order valence-electron chi connectivity index (χ4n) is 1.41. The molecule has 2 rings (SSSR count). The minimum Gasteiger partial charge on any atom is -0.476 e. The molecule has 0 fully saturated rings. The maximum absolute atomic E-state index is 12.8. The van der Waals surface area contributed by atoms with Gasteiger partial charge >= 0.3 is 12.6 Å². The van der Waals surface area contributed by atoms with Crippen molar-refractivity contribution in [1.82, 2.24) is 9.78 Å². The molecule has 0 amide bonds. The van der Waals surface area contributed by atoms with Crippen molar-refractivity contribution in [3.05, 3.63) is 41.8 Å². The van der Waals surface area contributed by atoms with Crippen LogP contribution >= 0.6 is 0 Å². The fourth-order valence-corrected chi connectivity index (χ4v) is 1.41. The molecule has 0 atom stereocenters. The standard InChI is InChI=1S/C11H7F3N2O3/c12-6-1-3-7(4-2-6)16-9(19-11(13)14)5-8(15-16)10(17)18/h1-5,11H,(H,17,18). The molecule has 1 N–H and O–H groups in total. The third-order valence-corrected chi connectivity index (χ3v) is 2.18. The Bertz CT molecular complexity index is 596. The molecule has 1 heterocycles. The molecule has 0 aliphatic rings. The number of halogens is 3. The molecule has 0 aliphatic heterocycles. The lowest BCUT2D eigenvalue weighted by Crippen LogP contribution is -2.07. The molecule has 1 aromatic carbocycles. The summed E-state index contributed by atoms with van der Waals surface area (Å²) in [6, 6.07) is 5.55. The van der Waals surface area contributed by atoms with Gasteiger partial charge in [0.15, 0.2) is 5.69 Å². The second-order valence-corrected chi connectivity index (χ2v) is 3.44. The van der Waals surface area contributed by atoms with Crippen molar-refractivity contribution in [3.8, 4) is 11.6 Å². The lowest BCUT2D eigenvalue weighted by molar-refractivity contribution is -0.0544. The monoisotopic (exact) mass is 272 g/mol. The molecule has 0 spiro atoms. The Morgan fingerprint density at radius 3 is 2.47 bits per heavy atom. The van der Waals surface area contributed by atoms with Crippen molar-refractivity contribution in [1.29, 1.82) is 0 Å². The first-order chi connectivity index (χ1) is 8.97. The normalized spacial score (nSPS) is 10.7. The zero-order chi connectivity index (χ0) is 14.0. The van der Waals surface area contributed by atoms with Gasteiger partial charge in [-0.1, -0.05) is 0 Å². The van der Waals surface area contributed by atoms with Crippen LogP contribution in [0.15, 0.2) is 30.3 Å². The summed E-state index contributed by atoms with van der Waals surface area (Å²) in [5.74, 6) is -2.36. The van der Waals surface area contributed by atoms with Crippen LogP contribution < -0.4 is 4.74 Å². The molecular formula is C11H7F3N2O3. The quantitative estimate of drug-likeness (QED) is 0.927. The van der Waals surface area contributed by atoms with E-state index in [1.807, 2.05) is 0 Å². The number of aromatic nitrogens is 2. The summed E-state index contributed by atoms with van der Waals surface area (Å²) >= 11 is 0. The Labute approximate surface area is 104 Å². The van der Waals surface area contributed by atoms with Gasteiger partial charge in [0.05, 0.1) is 5.69 Å². The second-order valence-electron chi connectivity index (χ2n) is 3.44. The Morgan fingerprint density at radius 1 is 1.32 bits per heavy atom. The van der Waals surface area contributed by atoms with Gasteiger partial charge in [-0.3, -0.25) is 0 Å². The van der Waals surface area contributed by atoms with E-state index in [-0.39, 0.29) is 5.69 Å². The van der Waals surface area contributed by atoms with Gasteiger partial charge in [0.2, 0.25) is 5.88 Å². The molecule has 19 heavy (non-hydrogen) atoms. The maximum atomic E-state index is 12.8. The van der Waals surface area contributed by atoms with Crippen molar-refractivity contribution in [2.24, 2.45) is 0 Å². The first kappa shape index (κ1) is 12.9. The summed E-state index contributed by atoms with van der Waals surface area (Å²) < 4.78 is 42.2. The van der Waals surface area contributed by atoms with E-state index in [9.17, 15) is 18.0 Å². The number of carboxylic acids is 1. The van der Waals surface area contributed by atoms with E-state index in [0.29, 0.717) is 0 Å². The molecule has 0 bridgehead atoms. The number of rotatable bonds is 4. The third-order valence-electron chi connectivity index (χ3n) is 2.18. The summed E-state index contributed by atoms with van der Waals surface area (Å²) in [5, 5.41) is 12.4. The lowest BCUT2D eigenvalue weighted by atomic mass is 10.3. The molecule has 100 valence electrons. The van der Waals surface area contributed by atoms with Crippen LogP contribution in [0.5, 0.6) is 5.88 Å². The Balaban J connectivity index is 2.47. The molecule has 0 saturated carbocycles. The van der Waals surface area contributed by atoms with Crippen molar-refractivity contribution < 1.29 is 27.8 Å². The average Bonchev–Trinajstić information content (AvgIpc) is 2.73. The Kier molecular flexibility index (Phi) is 3.41. The summed E-state index contributed by atoms with van der Waals surface area (Å²) in [6.07, 6.45) is 0. The fraction of sp³-hybridized carbons (Fsp3) is 0.0909. The topological polar surface area (TPSA) is 64.3 Å². The van der Waals surface area contributed by atoms with Crippen molar-refractivity contribution in [3.63, 3.8) is 0 Å². The SMILES string of the molecule is O=C(O)c1cc(OC(F)F)n(-c2ccc(F)cc2)n1. The number of hydrogen-bond acceptors (Lipinski definition) is 3. The molecule has 0 radical (unpaired) electrons. The van der Waals surface area contributed by atoms with E-state index in [1.54, 1.807) is 0 Å². The van der Waals surface area contributed by atoms with Gasteiger partial charge in [-0.2, -0.15) is 13.9 Å². The highest BCUT2D eigenvalue weighted by molar-refractivity contribution is 5.85. The number of benzene rings is 1. The van der Waals surface area contributed by atoms with E-state index in [2.05, 4.69) is 9.84 Å². The summed E-state index contributed by atoms with van der Waals surface area (Å²) in [5.41, 5.74) is -0.260. The number of nitrogens with zero attached hydrogens (tertiary/aromatic N) is 2. The number of ether oxygens (including phenoxy) is 1. The predicted molar refractivity (Wildman–Crippen MR) is 57.1 cm³/mol. The zero-order valence-electron chi connectivity index (χ0n) is 9.26. The number of aromatic carboxylic acids is 1. The highest BCUT2D eigenvalue weighted by atomic mass is 19.3. The van der Waals surface area contributed by atoms with Crippen LogP contribution in [0.1, 0.15) is 10.5 Å². The van der Waals surface area contributed by atoms with Crippen LogP contribution in [-0.2, 0) is 0 Å². The molecule has 8 heteroatoms. The van der Waals surface area contributed by atoms with Crippen molar-refractivity contribution in [2.45, 2.75) is 6.61 Å². The summed E-state index contributed by atoms with van der Waals surface area (Å²) in [7, 11) is 0. The van der Waals surface area contributed by atoms with Gasteiger partial charge in [0.25, 0.3) is 0 Å². The van der Waals surface area contributed by atoms with Gasteiger partial charge in [-0.25, -0.2) is 13.9 Å². The van der Waals surface area contributed by atoms with Crippen LogP contribution in [0.2, 0.25) is 0 Å². The van der Waals surface area contributed by atoms with E-state index in [0.717, 1.165) is 22.9 Å². The summed E-state index contributed by atoms with van der Waals surface area (Å²) in [6.45, 7) is -3.13. The largest absolute Gasteiger partial charge is 0.476 e. The average molecular weight is 272 g/mol. The van der Waals surface area contributed by atoms with Gasteiger partial charge in [0.1, 0.15) is 5.82 Å². The number of carbonyl (C=O) groups is 1. The first-order valence-electron chi connectivity index (χ1n) is 5.01. The molecule has 0 saturated heterocycles. The van der Waals surface area contributed by atoms with Crippen LogP contribution in [0, 0.1) is 5.82 Å². The molecule has 0 aliphatic carbocycles. The van der Waals surface area contributed by atoms with Crippen molar-refractivity contribution >= 4 is 5.97 Å². The van der Waals surface area contributed by atoms with Crippen LogP contribution in [0.3, 0.4) is 0 Å². The smallest absolute Gasteiger partial charge is 0.388 e. The van der Waals surface area contributed by atoms with Gasteiger partial charge < -0.3 is 9.84 Å². The first-order valence-corrected chi connectivity index (χ1v) is 5.01. The third kappa shape index (κ3) is 2.84. The summed E-state index contributed by atoms with van der Waals surface area (Å²) in [4.78, 5) is 10.8. The highest BCUT2D eigenvalue weighted by Gasteiger charge is 2.18. The Hall–Kier alpha value is -2.51. The molecule has 5 nitrogen and oxygen atoms in total. The van der Waals surface area contributed by atoms with Gasteiger partial charge in [0, 0.05) is 6.07 Å². The minimum atomic E-state index is -3.13. The molecule has 0 unspecified atom stereocenters. The molecule has 1 aromatic heterocycles. The second kappa shape index (κ2) is 5.01. The highest BCUT2D eigenvalue weighted by Crippen LogP contribution is 2.21. The number of alkyl halides is 2. The van der Waals surface area contributed by atoms with E-state index in [4.69, 9.17) is 5.11 Å². The van der Waals surface area contributed by atoms with Crippen LogP contribution in [0.4, 0.5) is 13.2 Å². The Morgan fingerprint density at radius 2 is 1.95 bits per heavy atom. The number of hydrogen-bond donors (Lipinski definition) is 1. The van der Waals surface area contributed by atoms with Gasteiger partial charge in [-0.15, -0.1) is 0 Å². The molecule has 2 aromatic rings. The minimum absolute atomic E-state index is 0.199. The lowest BCUT2D eigenvalue weighted by Gasteiger charge is -2.07. The number of carboxylic acid groups (broad SMARTS) is 1. The maximum Gasteiger partial charge on any atom is 0.388 e. The van der Waals surface area contributed by atoms with E-state index >= 15 is 0 Å².